The Morgan fingerprint density at radius 3 is 2.38 bits per heavy atom. The summed E-state index contributed by atoms with van der Waals surface area (Å²) in [5.41, 5.74) is -2.56. The van der Waals surface area contributed by atoms with Crippen molar-refractivity contribution in [3.8, 4) is 0 Å². The Morgan fingerprint density at radius 1 is 1.19 bits per heavy atom. The molecule has 0 bridgehead atoms. The van der Waals surface area contributed by atoms with Crippen molar-refractivity contribution in [3.05, 3.63) is 0 Å². The largest absolute Gasteiger partial charge is 0.393 e. The fourth-order valence-corrected chi connectivity index (χ4v) is 5.85. The van der Waals surface area contributed by atoms with E-state index in [1.165, 1.54) is 0 Å². The molecular formula is C16H28O5. The van der Waals surface area contributed by atoms with Gasteiger partial charge in [-0.25, -0.2) is 0 Å². The lowest BCUT2D eigenvalue weighted by atomic mass is 9.54. The summed E-state index contributed by atoms with van der Waals surface area (Å²) in [6.07, 6.45) is -1.26. The van der Waals surface area contributed by atoms with Crippen LogP contribution in [0, 0.1) is 28.6 Å². The van der Waals surface area contributed by atoms with Gasteiger partial charge in [-0.05, 0) is 17.8 Å². The Labute approximate surface area is 126 Å². The molecule has 3 aliphatic rings. The highest BCUT2D eigenvalue weighted by Gasteiger charge is 2.78. The van der Waals surface area contributed by atoms with Gasteiger partial charge in [-0.1, -0.05) is 27.7 Å². The zero-order valence-corrected chi connectivity index (χ0v) is 13.5. The first-order valence-electron chi connectivity index (χ1n) is 7.85. The van der Waals surface area contributed by atoms with Crippen molar-refractivity contribution in [2.75, 3.05) is 13.7 Å². The fraction of sp³-hybridized carbons (Fsp3) is 1.00. The van der Waals surface area contributed by atoms with Crippen LogP contribution in [-0.4, -0.2) is 53.1 Å². The van der Waals surface area contributed by atoms with E-state index in [0.29, 0.717) is 6.42 Å². The van der Waals surface area contributed by atoms with Gasteiger partial charge in [-0.3, -0.25) is 0 Å². The van der Waals surface area contributed by atoms with E-state index in [1.807, 2.05) is 27.7 Å². The van der Waals surface area contributed by atoms with E-state index in [9.17, 15) is 15.3 Å². The van der Waals surface area contributed by atoms with E-state index in [-0.39, 0.29) is 24.4 Å². The number of rotatable bonds is 1. The predicted octanol–water partition coefficient (Wildman–Crippen LogP) is 0.760. The minimum absolute atomic E-state index is 0.0620. The number of methoxy groups -OCH3 is 1. The van der Waals surface area contributed by atoms with Gasteiger partial charge in [-0.15, -0.1) is 0 Å². The van der Waals surface area contributed by atoms with Gasteiger partial charge >= 0.3 is 0 Å². The molecule has 1 saturated heterocycles. The zero-order chi connectivity index (χ0) is 15.8. The van der Waals surface area contributed by atoms with Crippen molar-refractivity contribution in [3.63, 3.8) is 0 Å². The summed E-state index contributed by atoms with van der Waals surface area (Å²) >= 11 is 0. The third kappa shape index (κ3) is 1.59. The van der Waals surface area contributed by atoms with E-state index in [4.69, 9.17) is 9.47 Å². The summed E-state index contributed by atoms with van der Waals surface area (Å²) < 4.78 is 11.3. The van der Waals surface area contributed by atoms with Crippen molar-refractivity contribution < 1.29 is 24.8 Å². The second-order valence-corrected chi connectivity index (χ2v) is 8.17. The van der Waals surface area contributed by atoms with Crippen LogP contribution in [0.25, 0.3) is 0 Å². The molecule has 8 unspecified atom stereocenters. The molecule has 0 spiro atoms. The van der Waals surface area contributed by atoms with E-state index < -0.39 is 34.9 Å². The standard InChI is InChI=1S/C16H28O5/c1-8-6-9(17)11-14(2,3)13(18)15(4)7-21-12(20-5)10(8)16(11,15)19/h8-13,17-19H,6-7H2,1-5H3. The lowest BCUT2D eigenvalue weighted by Crippen LogP contribution is -2.69. The van der Waals surface area contributed by atoms with Gasteiger partial charge in [0.1, 0.15) is 0 Å². The molecule has 1 aliphatic heterocycles. The average molecular weight is 300 g/mol. The SMILES string of the molecule is COC1OCC2(C)C(O)C(C)(C)C3C(O)CC(C)C1C32O. The van der Waals surface area contributed by atoms with Gasteiger partial charge < -0.3 is 24.8 Å². The van der Waals surface area contributed by atoms with E-state index in [2.05, 4.69) is 0 Å². The van der Waals surface area contributed by atoms with Gasteiger partial charge in [0.25, 0.3) is 0 Å². The normalized spacial score (nSPS) is 58.9. The molecule has 1 heterocycles. The van der Waals surface area contributed by atoms with Crippen molar-refractivity contribution >= 4 is 0 Å². The maximum absolute atomic E-state index is 11.7. The molecule has 0 aromatic carbocycles. The molecular weight excluding hydrogens is 272 g/mol. The first-order chi connectivity index (χ1) is 9.62. The number of ether oxygens (including phenoxy) is 2. The highest BCUT2D eigenvalue weighted by Crippen LogP contribution is 2.68. The smallest absolute Gasteiger partial charge is 0.163 e. The molecule has 8 atom stereocenters. The number of aliphatic hydroxyl groups excluding tert-OH is 2. The Hall–Kier alpha value is -0.200. The molecule has 0 amide bonds. The molecule has 2 saturated carbocycles. The maximum atomic E-state index is 11.7. The Kier molecular flexibility index (Phi) is 3.30. The highest BCUT2D eigenvalue weighted by atomic mass is 16.7. The van der Waals surface area contributed by atoms with Crippen molar-refractivity contribution in [1.82, 2.24) is 0 Å². The van der Waals surface area contributed by atoms with E-state index >= 15 is 0 Å². The minimum atomic E-state index is -1.19. The van der Waals surface area contributed by atoms with Gasteiger partial charge in [0, 0.05) is 24.4 Å². The predicted molar refractivity (Wildman–Crippen MR) is 76.4 cm³/mol. The summed E-state index contributed by atoms with van der Waals surface area (Å²) in [4.78, 5) is 0. The summed E-state index contributed by atoms with van der Waals surface area (Å²) in [5.74, 6) is -0.564. The van der Waals surface area contributed by atoms with Crippen LogP contribution in [0.1, 0.15) is 34.1 Å². The second-order valence-electron chi connectivity index (χ2n) is 8.17. The molecule has 5 heteroatoms. The van der Waals surface area contributed by atoms with Gasteiger partial charge in [-0.2, -0.15) is 0 Å². The van der Waals surface area contributed by atoms with E-state index in [1.54, 1.807) is 7.11 Å². The van der Waals surface area contributed by atoms with Crippen molar-refractivity contribution in [2.24, 2.45) is 28.6 Å². The highest BCUT2D eigenvalue weighted by molar-refractivity contribution is 5.25. The van der Waals surface area contributed by atoms with Crippen LogP contribution >= 0.6 is 0 Å². The molecule has 21 heavy (non-hydrogen) atoms. The van der Waals surface area contributed by atoms with Gasteiger partial charge in [0.15, 0.2) is 6.29 Å². The Morgan fingerprint density at radius 2 is 1.81 bits per heavy atom. The van der Waals surface area contributed by atoms with Crippen LogP contribution in [0.2, 0.25) is 0 Å². The molecule has 5 nitrogen and oxygen atoms in total. The average Bonchev–Trinajstić information content (AvgIpc) is 2.50. The molecule has 3 N–H and O–H groups in total. The van der Waals surface area contributed by atoms with Crippen LogP contribution in [-0.2, 0) is 9.47 Å². The third-order valence-electron chi connectivity index (χ3n) is 6.69. The van der Waals surface area contributed by atoms with Crippen LogP contribution in [0.3, 0.4) is 0 Å². The first kappa shape index (κ1) is 15.7. The Balaban J connectivity index is 2.19. The van der Waals surface area contributed by atoms with Gasteiger partial charge in [0.05, 0.1) is 24.4 Å². The number of hydrogen-bond donors (Lipinski definition) is 3. The second kappa shape index (κ2) is 4.42. The fourth-order valence-electron chi connectivity index (χ4n) is 5.85. The summed E-state index contributed by atoms with van der Waals surface area (Å²) in [6.45, 7) is 7.99. The molecule has 3 rings (SSSR count). The third-order valence-corrected chi connectivity index (χ3v) is 6.69. The van der Waals surface area contributed by atoms with Gasteiger partial charge in [0.2, 0.25) is 0 Å². The van der Waals surface area contributed by atoms with E-state index in [0.717, 1.165) is 0 Å². The molecule has 122 valence electrons. The molecule has 2 aliphatic carbocycles. The maximum Gasteiger partial charge on any atom is 0.163 e. The number of aliphatic hydroxyl groups is 3. The quantitative estimate of drug-likeness (QED) is 0.666. The number of hydrogen-bond acceptors (Lipinski definition) is 5. The molecule has 0 radical (unpaired) electrons. The first-order valence-corrected chi connectivity index (χ1v) is 7.85. The molecule has 3 fully saturated rings. The van der Waals surface area contributed by atoms with Crippen LogP contribution in [0.4, 0.5) is 0 Å². The summed E-state index contributed by atoms with van der Waals surface area (Å²) in [6, 6.07) is 0. The van der Waals surface area contributed by atoms with Crippen molar-refractivity contribution in [1.29, 1.82) is 0 Å². The minimum Gasteiger partial charge on any atom is -0.393 e. The van der Waals surface area contributed by atoms with Crippen molar-refractivity contribution in [2.45, 2.75) is 58.2 Å². The lowest BCUT2D eigenvalue weighted by molar-refractivity contribution is -0.328. The summed E-state index contributed by atoms with van der Waals surface area (Å²) in [7, 11) is 1.58. The van der Waals surface area contributed by atoms with Crippen LogP contribution in [0.5, 0.6) is 0 Å². The monoisotopic (exact) mass is 300 g/mol. The molecule has 0 aromatic heterocycles. The van der Waals surface area contributed by atoms with Crippen LogP contribution in [0.15, 0.2) is 0 Å². The topological polar surface area (TPSA) is 79.2 Å². The summed E-state index contributed by atoms with van der Waals surface area (Å²) in [5, 5.41) is 33.3. The lowest BCUT2D eigenvalue weighted by Gasteiger charge is -2.59. The zero-order valence-electron chi connectivity index (χ0n) is 13.5. The van der Waals surface area contributed by atoms with Crippen LogP contribution < -0.4 is 0 Å². The Bertz CT molecular complexity index is 438. The molecule has 0 aromatic rings.